The highest BCUT2D eigenvalue weighted by molar-refractivity contribution is 5.40. The molecule has 0 aliphatic heterocycles. The van der Waals surface area contributed by atoms with Crippen molar-refractivity contribution in [2.45, 2.75) is 50.6 Å². The minimum Gasteiger partial charge on any atom is -0.353 e. The number of hydrogen-bond donors (Lipinski definition) is 1. The Balaban J connectivity index is 1.70. The first-order valence-electron chi connectivity index (χ1n) is 7.81. The summed E-state index contributed by atoms with van der Waals surface area (Å²) in [5, 5.41) is 3.38. The molecule has 0 saturated heterocycles. The Morgan fingerprint density at radius 2 is 1.95 bits per heavy atom. The van der Waals surface area contributed by atoms with Crippen LogP contribution in [-0.4, -0.2) is 30.7 Å². The smallest absolute Gasteiger partial charge is 0.141 e. The molecule has 0 amide bonds. The van der Waals surface area contributed by atoms with Crippen LogP contribution in [0.4, 0.5) is 10.2 Å². The molecule has 2 fully saturated rings. The summed E-state index contributed by atoms with van der Waals surface area (Å²) in [5.41, 5.74) is 0. The van der Waals surface area contributed by atoms with Gasteiger partial charge in [0, 0.05) is 18.6 Å². The molecule has 0 radical (unpaired) electrons. The number of aromatic nitrogens is 1. The molecule has 1 N–H and O–H groups in total. The van der Waals surface area contributed by atoms with Crippen LogP contribution in [0.2, 0.25) is 0 Å². The summed E-state index contributed by atoms with van der Waals surface area (Å²) in [4.78, 5) is 6.74. The predicted molar refractivity (Wildman–Crippen MR) is 79.4 cm³/mol. The molecule has 2 aliphatic carbocycles. The normalized spacial score (nSPS) is 26.5. The van der Waals surface area contributed by atoms with Crippen LogP contribution in [0.15, 0.2) is 18.3 Å². The van der Waals surface area contributed by atoms with E-state index >= 15 is 0 Å². The Morgan fingerprint density at radius 1 is 1.20 bits per heavy atom. The fraction of sp³-hybridized carbons (Fsp3) is 0.688. The SMILES string of the molecule is CNC1CCC(N(CC2CC2)c2ccc(F)cn2)CC1. The lowest BCUT2D eigenvalue weighted by Crippen LogP contribution is -2.43. The van der Waals surface area contributed by atoms with Gasteiger partial charge in [0.25, 0.3) is 0 Å². The summed E-state index contributed by atoms with van der Waals surface area (Å²) in [7, 11) is 2.05. The summed E-state index contributed by atoms with van der Waals surface area (Å²) < 4.78 is 13.1. The molecule has 1 aromatic heterocycles. The minimum atomic E-state index is -0.251. The van der Waals surface area contributed by atoms with Gasteiger partial charge in [-0.2, -0.15) is 0 Å². The maximum absolute atomic E-state index is 13.1. The Morgan fingerprint density at radius 3 is 2.50 bits per heavy atom. The fourth-order valence-electron chi connectivity index (χ4n) is 3.22. The fourth-order valence-corrected chi connectivity index (χ4v) is 3.22. The van der Waals surface area contributed by atoms with Gasteiger partial charge in [0.15, 0.2) is 0 Å². The summed E-state index contributed by atoms with van der Waals surface area (Å²) in [6, 6.07) is 4.59. The number of nitrogens with zero attached hydrogens (tertiary/aromatic N) is 2. The van der Waals surface area contributed by atoms with Gasteiger partial charge in [-0.05, 0) is 63.6 Å². The van der Waals surface area contributed by atoms with Gasteiger partial charge in [-0.1, -0.05) is 0 Å². The van der Waals surface area contributed by atoms with Crippen LogP contribution in [0.5, 0.6) is 0 Å². The number of anilines is 1. The summed E-state index contributed by atoms with van der Waals surface area (Å²) in [5.74, 6) is 1.52. The van der Waals surface area contributed by atoms with Crippen LogP contribution in [0.25, 0.3) is 0 Å². The maximum Gasteiger partial charge on any atom is 0.141 e. The highest BCUT2D eigenvalue weighted by Gasteiger charge is 2.31. The van der Waals surface area contributed by atoms with Crippen LogP contribution in [0.1, 0.15) is 38.5 Å². The first-order valence-corrected chi connectivity index (χ1v) is 7.81. The average molecular weight is 277 g/mol. The molecule has 0 spiro atoms. The van der Waals surface area contributed by atoms with Gasteiger partial charge in [0.05, 0.1) is 6.20 Å². The molecule has 20 heavy (non-hydrogen) atoms. The van der Waals surface area contributed by atoms with Gasteiger partial charge in [-0.3, -0.25) is 0 Å². The molecule has 3 rings (SSSR count). The highest BCUT2D eigenvalue weighted by atomic mass is 19.1. The third kappa shape index (κ3) is 3.29. The Hall–Kier alpha value is -1.16. The topological polar surface area (TPSA) is 28.2 Å². The van der Waals surface area contributed by atoms with Gasteiger partial charge in [-0.25, -0.2) is 9.37 Å². The van der Waals surface area contributed by atoms with Crippen molar-refractivity contribution >= 4 is 5.82 Å². The zero-order valence-corrected chi connectivity index (χ0v) is 12.2. The van der Waals surface area contributed by atoms with Gasteiger partial charge < -0.3 is 10.2 Å². The third-order valence-corrected chi connectivity index (χ3v) is 4.70. The van der Waals surface area contributed by atoms with E-state index in [1.54, 1.807) is 0 Å². The maximum atomic E-state index is 13.1. The lowest BCUT2D eigenvalue weighted by Gasteiger charge is -2.37. The standard InChI is InChI=1S/C16H24FN3/c1-18-14-5-7-15(8-6-14)20(11-12-2-3-12)16-9-4-13(17)10-19-16/h4,9-10,12,14-15,18H,2-3,5-8,11H2,1H3. The summed E-state index contributed by atoms with van der Waals surface area (Å²) >= 11 is 0. The van der Waals surface area contributed by atoms with Gasteiger partial charge >= 0.3 is 0 Å². The first kappa shape index (κ1) is 13.8. The molecular formula is C16H24FN3. The highest BCUT2D eigenvalue weighted by Crippen LogP contribution is 2.34. The molecule has 110 valence electrons. The molecule has 3 nitrogen and oxygen atoms in total. The van der Waals surface area contributed by atoms with E-state index in [9.17, 15) is 4.39 Å². The Bertz CT molecular complexity index is 422. The van der Waals surface area contributed by atoms with Crippen molar-refractivity contribution in [2.75, 3.05) is 18.5 Å². The van der Waals surface area contributed by atoms with Crippen molar-refractivity contribution in [1.29, 1.82) is 0 Å². The lowest BCUT2D eigenvalue weighted by atomic mass is 9.90. The molecular weight excluding hydrogens is 253 g/mol. The molecule has 0 unspecified atom stereocenters. The van der Waals surface area contributed by atoms with Crippen LogP contribution >= 0.6 is 0 Å². The number of pyridine rings is 1. The quantitative estimate of drug-likeness (QED) is 0.897. The van der Waals surface area contributed by atoms with E-state index in [4.69, 9.17) is 0 Å². The summed E-state index contributed by atoms with van der Waals surface area (Å²) in [6.45, 7) is 1.09. The second-order valence-corrected chi connectivity index (χ2v) is 6.22. The number of halogens is 1. The molecule has 1 heterocycles. The lowest BCUT2D eigenvalue weighted by molar-refractivity contribution is 0.341. The second kappa shape index (κ2) is 6.08. The molecule has 2 saturated carbocycles. The van der Waals surface area contributed by atoms with E-state index in [1.807, 2.05) is 6.07 Å². The Kier molecular flexibility index (Phi) is 4.20. The van der Waals surface area contributed by atoms with Crippen molar-refractivity contribution in [3.8, 4) is 0 Å². The van der Waals surface area contributed by atoms with Crippen LogP contribution in [0.3, 0.4) is 0 Å². The van der Waals surface area contributed by atoms with Gasteiger partial charge in [0.1, 0.15) is 11.6 Å². The van der Waals surface area contributed by atoms with Gasteiger partial charge in [0.2, 0.25) is 0 Å². The number of rotatable bonds is 5. The molecule has 1 aromatic rings. The largest absolute Gasteiger partial charge is 0.353 e. The van der Waals surface area contributed by atoms with Crippen molar-refractivity contribution < 1.29 is 4.39 Å². The number of hydrogen-bond acceptors (Lipinski definition) is 3. The van der Waals surface area contributed by atoms with Crippen molar-refractivity contribution in [3.05, 3.63) is 24.1 Å². The zero-order valence-electron chi connectivity index (χ0n) is 12.2. The van der Waals surface area contributed by atoms with Crippen LogP contribution in [0, 0.1) is 11.7 Å². The van der Waals surface area contributed by atoms with Gasteiger partial charge in [-0.15, -0.1) is 0 Å². The summed E-state index contributed by atoms with van der Waals surface area (Å²) in [6.07, 6.45) is 8.88. The van der Waals surface area contributed by atoms with E-state index in [1.165, 1.54) is 50.8 Å². The van der Waals surface area contributed by atoms with Crippen LogP contribution < -0.4 is 10.2 Å². The van der Waals surface area contributed by atoms with E-state index < -0.39 is 0 Å². The minimum absolute atomic E-state index is 0.251. The van der Waals surface area contributed by atoms with Crippen molar-refractivity contribution in [1.82, 2.24) is 10.3 Å². The van der Waals surface area contributed by atoms with E-state index in [-0.39, 0.29) is 5.82 Å². The van der Waals surface area contributed by atoms with Crippen molar-refractivity contribution in [2.24, 2.45) is 5.92 Å². The third-order valence-electron chi connectivity index (χ3n) is 4.70. The van der Waals surface area contributed by atoms with Crippen LogP contribution in [-0.2, 0) is 0 Å². The zero-order chi connectivity index (χ0) is 13.9. The molecule has 0 aromatic carbocycles. The molecule has 4 heteroatoms. The Labute approximate surface area is 120 Å². The number of nitrogens with one attached hydrogen (secondary N) is 1. The average Bonchev–Trinajstić information content (AvgIpc) is 3.30. The molecule has 0 bridgehead atoms. The predicted octanol–water partition coefficient (Wildman–Crippen LogP) is 2.97. The van der Waals surface area contributed by atoms with Crippen molar-refractivity contribution in [3.63, 3.8) is 0 Å². The van der Waals surface area contributed by atoms with E-state index in [0.717, 1.165) is 18.3 Å². The monoisotopic (exact) mass is 277 g/mol. The molecule has 0 atom stereocenters. The molecule has 2 aliphatic rings. The van der Waals surface area contributed by atoms with E-state index in [2.05, 4.69) is 22.2 Å². The first-order chi connectivity index (χ1) is 9.76. The van der Waals surface area contributed by atoms with E-state index in [0.29, 0.717) is 12.1 Å². The second-order valence-electron chi connectivity index (χ2n) is 6.22.